The number of hydrogen-bond donors (Lipinski definition) is 1. The molecular weight excluding hydrogens is 331 g/mol. The van der Waals surface area contributed by atoms with Crippen molar-refractivity contribution in [2.45, 2.75) is 6.54 Å². The van der Waals surface area contributed by atoms with Crippen LogP contribution in [0.1, 0.15) is 16.1 Å². The number of carbonyl (C=O) groups is 1. The van der Waals surface area contributed by atoms with Crippen molar-refractivity contribution in [1.82, 2.24) is 20.3 Å². The Kier molecular flexibility index (Phi) is 4.77. The highest BCUT2D eigenvalue weighted by atomic mass is 35.5. The van der Waals surface area contributed by atoms with Crippen LogP contribution in [0.3, 0.4) is 0 Å². The molecule has 0 spiro atoms. The molecule has 0 atom stereocenters. The molecule has 0 radical (unpaired) electrons. The summed E-state index contributed by atoms with van der Waals surface area (Å²) in [5, 5.41) is 2.78. The molecular formula is C17H12ClFN4O. The maximum atomic E-state index is 13.1. The Hall–Kier alpha value is -2.86. The summed E-state index contributed by atoms with van der Waals surface area (Å²) in [6, 6.07) is 7.25. The number of nitrogens with zero attached hydrogens (tertiary/aromatic N) is 3. The van der Waals surface area contributed by atoms with Crippen molar-refractivity contribution in [2.24, 2.45) is 0 Å². The summed E-state index contributed by atoms with van der Waals surface area (Å²) < 4.78 is 13.1. The zero-order chi connectivity index (χ0) is 16.9. The van der Waals surface area contributed by atoms with Gasteiger partial charge in [-0.05, 0) is 30.3 Å². The van der Waals surface area contributed by atoms with Gasteiger partial charge in [0.1, 0.15) is 5.82 Å². The van der Waals surface area contributed by atoms with Crippen LogP contribution in [0.4, 0.5) is 4.39 Å². The first kappa shape index (κ1) is 16.0. The van der Waals surface area contributed by atoms with Gasteiger partial charge < -0.3 is 5.32 Å². The lowest BCUT2D eigenvalue weighted by molar-refractivity contribution is 0.0950. The molecule has 5 nitrogen and oxygen atoms in total. The number of hydrogen-bond acceptors (Lipinski definition) is 4. The Morgan fingerprint density at radius 2 is 1.83 bits per heavy atom. The Labute approximate surface area is 142 Å². The second-order valence-electron chi connectivity index (χ2n) is 4.89. The Morgan fingerprint density at radius 1 is 1.08 bits per heavy atom. The van der Waals surface area contributed by atoms with Gasteiger partial charge in [-0.1, -0.05) is 11.6 Å². The van der Waals surface area contributed by atoms with Crippen LogP contribution in [0.25, 0.3) is 11.3 Å². The molecule has 0 bridgehead atoms. The highest BCUT2D eigenvalue weighted by Gasteiger charge is 2.13. The van der Waals surface area contributed by atoms with E-state index in [0.717, 1.165) is 11.6 Å². The van der Waals surface area contributed by atoms with Crippen LogP contribution in [0.2, 0.25) is 5.02 Å². The molecule has 1 aromatic carbocycles. The Balaban J connectivity index is 1.79. The molecule has 0 aliphatic rings. The summed E-state index contributed by atoms with van der Waals surface area (Å²) in [4.78, 5) is 24.8. The number of amides is 1. The molecule has 24 heavy (non-hydrogen) atoms. The molecule has 120 valence electrons. The van der Waals surface area contributed by atoms with Crippen molar-refractivity contribution >= 4 is 17.5 Å². The number of benzene rings is 1. The van der Waals surface area contributed by atoms with Gasteiger partial charge in [-0.2, -0.15) is 0 Å². The van der Waals surface area contributed by atoms with E-state index in [9.17, 15) is 9.18 Å². The fourth-order valence-electron chi connectivity index (χ4n) is 2.18. The lowest BCUT2D eigenvalue weighted by atomic mass is 10.1. The highest BCUT2D eigenvalue weighted by Crippen LogP contribution is 2.20. The second-order valence-corrected chi connectivity index (χ2v) is 5.30. The zero-order valence-electron chi connectivity index (χ0n) is 12.4. The van der Waals surface area contributed by atoms with Crippen LogP contribution >= 0.6 is 11.6 Å². The highest BCUT2D eigenvalue weighted by molar-refractivity contribution is 6.33. The molecule has 2 heterocycles. The van der Waals surface area contributed by atoms with E-state index < -0.39 is 11.7 Å². The molecule has 0 saturated carbocycles. The van der Waals surface area contributed by atoms with Crippen LogP contribution in [0.5, 0.6) is 0 Å². The van der Waals surface area contributed by atoms with E-state index >= 15 is 0 Å². The number of pyridine rings is 1. The predicted octanol–water partition coefficient (Wildman–Crippen LogP) is 3.26. The number of carbonyl (C=O) groups excluding carboxylic acids is 1. The molecule has 7 heteroatoms. The number of aromatic nitrogens is 3. The van der Waals surface area contributed by atoms with Gasteiger partial charge in [0.25, 0.3) is 5.91 Å². The van der Waals surface area contributed by atoms with E-state index in [1.165, 1.54) is 12.1 Å². The van der Waals surface area contributed by atoms with Crippen molar-refractivity contribution in [2.75, 3.05) is 0 Å². The number of halogens is 2. The minimum absolute atomic E-state index is 0.0565. The van der Waals surface area contributed by atoms with E-state index in [1.54, 1.807) is 24.8 Å². The van der Waals surface area contributed by atoms with Crippen LogP contribution in [0.15, 0.2) is 55.1 Å². The van der Waals surface area contributed by atoms with E-state index in [1.807, 2.05) is 12.1 Å². The number of rotatable bonds is 4. The third-order valence-electron chi connectivity index (χ3n) is 3.32. The topological polar surface area (TPSA) is 67.8 Å². The van der Waals surface area contributed by atoms with Gasteiger partial charge in [0.15, 0.2) is 0 Å². The van der Waals surface area contributed by atoms with Gasteiger partial charge in [-0.25, -0.2) is 4.39 Å². The van der Waals surface area contributed by atoms with Crippen LogP contribution in [-0.2, 0) is 6.54 Å². The standard InChI is InChI=1S/C17H12ClFN4O/c18-14-9-12(19)1-2-13(14)17(24)23-10-15-16(22-8-7-21-15)11-3-5-20-6-4-11/h1-9H,10H2,(H,23,24). The lowest BCUT2D eigenvalue weighted by Crippen LogP contribution is -2.24. The molecule has 0 saturated heterocycles. The molecule has 1 amide bonds. The molecule has 0 aliphatic carbocycles. The summed E-state index contributed by atoms with van der Waals surface area (Å²) in [5.74, 6) is -0.906. The van der Waals surface area contributed by atoms with Gasteiger partial charge in [0.2, 0.25) is 0 Å². The Morgan fingerprint density at radius 3 is 2.58 bits per heavy atom. The second kappa shape index (κ2) is 7.14. The molecule has 0 fully saturated rings. The molecule has 3 aromatic rings. The zero-order valence-corrected chi connectivity index (χ0v) is 13.2. The van der Waals surface area contributed by atoms with Gasteiger partial charge in [0.05, 0.1) is 28.5 Å². The van der Waals surface area contributed by atoms with Crippen molar-refractivity contribution in [1.29, 1.82) is 0 Å². The average molecular weight is 343 g/mol. The van der Waals surface area contributed by atoms with Crippen LogP contribution in [-0.4, -0.2) is 20.9 Å². The third kappa shape index (κ3) is 3.55. The lowest BCUT2D eigenvalue weighted by Gasteiger charge is -2.09. The van der Waals surface area contributed by atoms with Crippen LogP contribution in [0, 0.1) is 5.82 Å². The summed E-state index contributed by atoms with van der Waals surface area (Å²) in [7, 11) is 0. The van der Waals surface area contributed by atoms with Crippen molar-refractivity contribution in [3.63, 3.8) is 0 Å². The molecule has 2 aromatic heterocycles. The van der Waals surface area contributed by atoms with Gasteiger partial charge in [-0.15, -0.1) is 0 Å². The summed E-state index contributed by atoms with van der Waals surface area (Å²) in [5.41, 5.74) is 2.32. The van der Waals surface area contributed by atoms with Crippen molar-refractivity contribution in [3.05, 3.63) is 77.2 Å². The van der Waals surface area contributed by atoms with Gasteiger partial charge in [0, 0.05) is 30.4 Å². The third-order valence-corrected chi connectivity index (χ3v) is 3.63. The minimum atomic E-state index is -0.495. The normalized spacial score (nSPS) is 10.4. The van der Waals surface area contributed by atoms with E-state index in [4.69, 9.17) is 11.6 Å². The molecule has 1 N–H and O–H groups in total. The quantitative estimate of drug-likeness (QED) is 0.790. The first-order valence-corrected chi connectivity index (χ1v) is 7.46. The van der Waals surface area contributed by atoms with E-state index in [0.29, 0.717) is 11.4 Å². The molecule has 0 aliphatic heterocycles. The van der Waals surface area contributed by atoms with Gasteiger partial charge >= 0.3 is 0 Å². The van der Waals surface area contributed by atoms with Crippen LogP contribution < -0.4 is 5.32 Å². The maximum Gasteiger partial charge on any atom is 0.253 e. The largest absolute Gasteiger partial charge is 0.346 e. The average Bonchev–Trinajstić information content (AvgIpc) is 2.61. The fraction of sp³-hybridized carbons (Fsp3) is 0.0588. The van der Waals surface area contributed by atoms with Crippen molar-refractivity contribution in [3.8, 4) is 11.3 Å². The van der Waals surface area contributed by atoms with E-state index in [2.05, 4.69) is 20.3 Å². The number of nitrogens with one attached hydrogen (secondary N) is 1. The minimum Gasteiger partial charge on any atom is -0.346 e. The monoisotopic (exact) mass is 342 g/mol. The molecule has 0 unspecified atom stereocenters. The SMILES string of the molecule is O=C(NCc1nccnc1-c1ccncc1)c1ccc(F)cc1Cl. The first-order chi connectivity index (χ1) is 11.6. The summed E-state index contributed by atoms with van der Waals surface area (Å²) in [6.45, 7) is 0.165. The van der Waals surface area contributed by atoms with Gasteiger partial charge in [-0.3, -0.25) is 19.7 Å². The summed E-state index contributed by atoms with van der Waals surface area (Å²) in [6.07, 6.45) is 6.45. The fourth-order valence-corrected chi connectivity index (χ4v) is 2.43. The Bertz CT molecular complexity index is 873. The molecule has 3 rings (SSSR count). The summed E-state index contributed by atoms with van der Waals surface area (Å²) >= 11 is 5.90. The smallest absolute Gasteiger partial charge is 0.253 e. The van der Waals surface area contributed by atoms with Crippen molar-refractivity contribution < 1.29 is 9.18 Å². The van der Waals surface area contributed by atoms with E-state index in [-0.39, 0.29) is 17.1 Å². The first-order valence-electron chi connectivity index (χ1n) is 7.08. The predicted molar refractivity (Wildman–Crippen MR) is 87.8 cm³/mol. The maximum absolute atomic E-state index is 13.1.